The van der Waals surface area contributed by atoms with Gasteiger partial charge >= 0.3 is 0 Å². The molecule has 0 aliphatic heterocycles. The Morgan fingerprint density at radius 1 is 1.18 bits per heavy atom. The maximum Gasteiger partial charge on any atom is 0.258 e. The Kier molecular flexibility index (Phi) is 5.48. The van der Waals surface area contributed by atoms with Crippen LogP contribution >= 0.6 is 11.6 Å². The van der Waals surface area contributed by atoms with Gasteiger partial charge in [0.05, 0.1) is 18.7 Å². The lowest BCUT2D eigenvalue weighted by atomic mass is 10.2. The highest BCUT2D eigenvalue weighted by molar-refractivity contribution is 7.90. The fourth-order valence-corrected chi connectivity index (χ4v) is 3.59. The molecule has 148 valence electrons. The maximum atomic E-state index is 12.0. The van der Waals surface area contributed by atoms with Crippen LogP contribution in [0.4, 0.5) is 0 Å². The smallest absolute Gasteiger partial charge is 0.258 e. The lowest BCUT2D eigenvalue weighted by Gasteiger charge is -2.08. The average molecular weight is 425 g/mol. The number of rotatable bonds is 6. The van der Waals surface area contributed by atoms with Crippen molar-refractivity contribution in [2.24, 2.45) is 0 Å². The fraction of sp³-hybridized carbons (Fsp3) is 0.222. The first-order valence-corrected chi connectivity index (χ1v) is 10.4. The monoisotopic (exact) mass is 424 g/mol. The first kappa shape index (κ1) is 20.0. The van der Waals surface area contributed by atoms with E-state index >= 15 is 0 Å². The zero-order valence-corrected chi connectivity index (χ0v) is 16.8. The van der Waals surface area contributed by atoms with Crippen LogP contribution in [-0.4, -0.2) is 43.6 Å². The molecule has 1 N–H and O–H groups in total. The molecule has 0 fully saturated rings. The summed E-state index contributed by atoms with van der Waals surface area (Å²) < 4.78 is 39.7. The topological polar surface area (TPSA) is 112 Å². The van der Waals surface area contributed by atoms with Crippen LogP contribution in [-0.2, 0) is 9.84 Å². The van der Waals surface area contributed by atoms with Gasteiger partial charge in [0.1, 0.15) is 10.6 Å². The number of sulfone groups is 1. The van der Waals surface area contributed by atoms with Crippen LogP contribution in [0.1, 0.15) is 6.92 Å². The van der Waals surface area contributed by atoms with Crippen molar-refractivity contribution in [1.82, 2.24) is 10.1 Å². The second-order valence-electron chi connectivity index (χ2n) is 5.80. The average Bonchev–Trinajstić information content (AvgIpc) is 3.14. The minimum atomic E-state index is -3.52. The van der Waals surface area contributed by atoms with Crippen molar-refractivity contribution in [3.8, 4) is 40.1 Å². The van der Waals surface area contributed by atoms with Gasteiger partial charge in [0.2, 0.25) is 5.82 Å². The van der Waals surface area contributed by atoms with E-state index in [9.17, 15) is 13.5 Å². The van der Waals surface area contributed by atoms with E-state index in [0.29, 0.717) is 17.7 Å². The SMILES string of the molecule is CCOc1cc(-c2noc(-c3ccc(OC)c(S(C)(=O)=O)c3)n2)cc(Cl)c1O. The maximum absolute atomic E-state index is 12.0. The third kappa shape index (κ3) is 3.90. The number of hydrogen-bond donors (Lipinski definition) is 1. The minimum Gasteiger partial charge on any atom is -0.503 e. The predicted molar refractivity (Wildman–Crippen MR) is 103 cm³/mol. The molecule has 0 radical (unpaired) electrons. The summed E-state index contributed by atoms with van der Waals surface area (Å²) in [4.78, 5) is 4.30. The van der Waals surface area contributed by atoms with Gasteiger partial charge in [-0.3, -0.25) is 0 Å². The Bertz CT molecular complexity index is 1130. The second-order valence-corrected chi connectivity index (χ2v) is 8.19. The normalized spacial score (nSPS) is 11.4. The Morgan fingerprint density at radius 2 is 1.93 bits per heavy atom. The number of halogens is 1. The number of phenols is 1. The number of benzene rings is 2. The van der Waals surface area contributed by atoms with Crippen molar-refractivity contribution in [3.05, 3.63) is 35.4 Å². The molecule has 1 heterocycles. The highest BCUT2D eigenvalue weighted by Gasteiger charge is 2.19. The Labute approximate surface area is 166 Å². The number of aromatic hydroxyl groups is 1. The lowest BCUT2D eigenvalue weighted by molar-refractivity contribution is 0.318. The van der Waals surface area contributed by atoms with E-state index in [2.05, 4.69) is 10.1 Å². The first-order chi connectivity index (χ1) is 13.2. The minimum absolute atomic E-state index is 0.0126. The third-order valence-electron chi connectivity index (χ3n) is 3.82. The van der Waals surface area contributed by atoms with E-state index < -0.39 is 9.84 Å². The van der Waals surface area contributed by atoms with E-state index in [-0.39, 0.29) is 38.9 Å². The van der Waals surface area contributed by atoms with Gasteiger partial charge in [-0.2, -0.15) is 4.98 Å². The lowest BCUT2D eigenvalue weighted by Crippen LogP contribution is -2.01. The third-order valence-corrected chi connectivity index (χ3v) is 5.23. The van der Waals surface area contributed by atoms with E-state index in [0.717, 1.165) is 6.26 Å². The molecule has 0 spiro atoms. The first-order valence-electron chi connectivity index (χ1n) is 8.12. The van der Waals surface area contributed by atoms with Crippen LogP contribution in [0.2, 0.25) is 5.02 Å². The number of hydrogen-bond acceptors (Lipinski definition) is 8. The van der Waals surface area contributed by atoms with Crippen LogP contribution in [0.15, 0.2) is 39.8 Å². The van der Waals surface area contributed by atoms with Crippen molar-refractivity contribution < 1.29 is 27.5 Å². The number of methoxy groups -OCH3 is 1. The van der Waals surface area contributed by atoms with Gasteiger partial charge in [0.15, 0.2) is 21.3 Å². The highest BCUT2D eigenvalue weighted by Crippen LogP contribution is 2.38. The summed E-state index contributed by atoms with van der Waals surface area (Å²) in [6.07, 6.45) is 1.08. The molecular weight excluding hydrogens is 408 g/mol. The highest BCUT2D eigenvalue weighted by atomic mass is 35.5. The summed E-state index contributed by atoms with van der Waals surface area (Å²) in [6, 6.07) is 7.54. The zero-order valence-electron chi connectivity index (χ0n) is 15.3. The fourth-order valence-electron chi connectivity index (χ4n) is 2.53. The molecule has 3 aromatic rings. The Balaban J connectivity index is 2.04. The van der Waals surface area contributed by atoms with Gasteiger partial charge in [-0.15, -0.1) is 0 Å². The second kappa shape index (κ2) is 7.69. The quantitative estimate of drug-likeness (QED) is 0.639. The number of phenolic OH excluding ortho intramolecular Hbond substituents is 1. The van der Waals surface area contributed by atoms with Gasteiger partial charge in [-0.1, -0.05) is 16.8 Å². The zero-order chi connectivity index (χ0) is 20.5. The molecule has 0 atom stereocenters. The van der Waals surface area contributed by atoms with Crippen molar-refractivity contribution in [3.63, 3.8) is 0 Å². The molecule has 0 saturated heterocycles. The Hall–Kier alpha value is -2.78. The van der Waals surface area contributed by atoms with Gasteiger partial charge in [-0.25, -0.2) is 8.42 Å². The van der Waals surface area contributed by atoms with Crippen LogP contribution in [0.5, 0.6) is 17.2 Å². The molecule has 3 rings (SSSR count). The van der Waals surface area contributed by atoms with E-state index in [1.54, 1.807) is 13.0 Å². The molecule has 28 heavy (non-hydrogen) atoms. The molecule has 0 bridgehead atoms. The summed E-state index contributed by atoms with van der Waals surface area (Å²) in [5.41, 5.74) is 0.882. The predicted octanol–water partition coefficient (Wildman–Crippen LogP) is 3.57. The summed E-state index contributed by atoms with van der Waals surface area (Å²) in [5.74, 6) is 0.557. The van der Waals surface area contributed by atoms with E-state index in [1.807, 2.05) is 0 Å². The largest absolute Gasteiger partial charge is 0.503 e. The number of nitrogens with zero attached hydrogens (tertiary/aromatic N) is 2. The number of aromatic nitrogens is 2. The van der Waals surface area contributed by atoms with Crippen molar-refractivity contribution in [2.45, 2.75) is 11.8 Å². The molecule has 0 unspecified atom stereocenters. The van der Waals surface area contributed by atoms with Crippen LogP contribution in [0, 0.1) is 0 Å². The molecule has 0 aliphatic rings. The van der Waals surface area contributed by atoms with Gasteiger partial charge in [0.25, 0.3) is 5.89 Å². The summed E-state index contributed by atoms with van der Waals surface area (Å²) >= 11 is 6.04. The van der Waals surface area contributed by atoms with Gasteiger partial charge < -0.3 is 19.1 Å². The molecule has 2 aromatic carbocycles. The molecule has 0 aliphatic carbocycles. The molecule has 10 heteroatoms. The van der Waals surface area contributed by atoms with E-state index in [1.165, 1.54) is 31.4 Å². The molecule has 0 amide bonds. The summed E-state index contributed by atoms with van der Waals surface area (Å²) in [7, 11) is -2.13. The van der Waals surface area contributed by atoms with Crippen LogP contribution in [0.3, 0.4) is 0 Å². The molecule has 0 saturated carbocycles. The van der Waals surface area contributed by atoms with Crippen molar-refractivity contribution in [2.75, 3.05) is 20.0 Å². The Morgan fingerprint density at radius 3 is 2.57 bits per heavy atom. The van der Waals surface area contributed by atoms with Crippen LogP contribution < -0.4 is 9.47 Å². The summed E-state index contributed by atoms with van der Waals surface area (Å²) in [5, 5.41) is 13.9. The number of ether oxygens (including phenoxy) is 2. The van der Waals surface area contributed by atoms with Gasteiger partial charge in [-0.05, 0) is 37.3 Å². The molecule has 1 aromatic heterocycles. The molecular formula is C18H17ClN2O6S. The standard InChI is InChI=1S/C18H17ClN2O6S/c1-4-26-14-8-11(7-12(19)16(14)22)17-20-18(27-21-17)10-5-6-13(25-2)15(9-10)28(3,23)24/h5-9,22H,4H2,1-3H3. The summed E-state index contributed by atoms with van der Waals surface area (Å²) in [6.45, 7) is 2.11. The van der Waals surface area contributed by atoms with Crippen LogP contribution in [0.25, 0.3) is 22.8 Å². The molecule has 8 nitrogen and oxygen atoms in total. The van der Waals surface area contributed by atoms with Crippen molar-refractivity contribution in [1.29, 1.82) is 0 Å². The van der Waals surface area contributed by atoms with Crippen molar-refractivity contribution >= 4 is 21.4 Å². The van der Waals surface area contributed by atoms with E-state index in [4.69, 9.17) is 25.6 Å². The van der Waals surface area contributed by atoms with Gasteiger partial charge in [0, 0.05) is 17.4 Å².